The van der Waals surface area contributed by atoms with Crippen LogP contribution >= 0.6 is 0 Å². The van der Waals surface area contributed by atoms with Crippen LogP contribution in [0.1, 0.15) is 23.6 Å². The second-order valence-electron chi connectivity index (χ2n) is 7.14. The Balaban J connectivity index is 1.85. The fourth-order valence-corrected chi connectivity index (χ4v) is 4.45. The SMILES string of the molecule is C=C1CN(S(=O)c2ccc(C(F)(F)F)cc2C#N)C[C@@H]1Oc1cc(F)c(C#N)cc1OC(C)=O. The minimum absolute atomic E-state index is 0.00479. The Kier molecular flexibility index (Phi) is 7.05. The van der Waals surface area contributed by atoms with E-state index in [1.807, 2.05) is 0 Å². The maximum Gasteiger partial charge on any atom is 0.416 e. The molecule has 1 saturated heterocycles. The Bertz CT molecular complexity index is 1280. The largest absolute Gasteiger partial charge is 0.481 e. The molecule has 34 heavy (non-hydrogen) atoms. The van der Waals surface area contributed by atoms with Gasteiger partial charge in [0.1, 0.15) is 35.0 Å². The maximum absolute atomic E-state index is 14.1. The Labute approximate surface area is 194 Å². The van der Waals surface area contributed by atoms with Crippen LogP contribution in [0.2, 0.25) is 0 Å². The zero-order valence-electron chi connectivity index (χ0n) is 17.5. The lowest BCUT2D eigenvalue weighted by Gasteiger charge is -2.18. The highest BCUT2D eigenvalue weighted by Gasteiger charge is 2.35. The van der Waals surface area contributed by atoms with Gasteiger partial charge < -0.3 is 9.47 Å². The second kappa shape index (κ2) is 9.63. The third-order valence-electron chi connectivity index (χ3n) is 4.73. The molecule has 0 saturated carbocycles. The predicted molar refractivity (Wildman–Crippen MR) is 110 cm³/mol. The van der Waals surface area contributed by atoms with Crippen LogP contribution in [0.15, 0.2) is 47.4 Å². The number of carbonyl (C=O) groups is 1. The number of benzene rings is 2. The van der Waals surface area contributed by atoms with Gasteiger partial charge in [0.05, 0.1) is 28.1 Å². The topological polar surface area (TPSA) is 103 Å². The van der Waals surface area contributed by atoms with Gasteiger partial charge in [-0.25, -0.2) is 12.9 Å². The molecule has 0 N–H and O–H groups in total. The molecule has 0 spiro atoms. The number of ether oxygens (including phenoxy) is 2. The number of hydrogen-bond acceptors (Lipinski definition) is 6. The van der Waals surface area contributed by atoms with E-state index in [2.05, 4.69) is 6.58 Å². The molecule has 0 radical (unpaired) electrons. The summed E-state index contributed by atoms with van der Waals surface area (Å²) in [6.45, 7) is 4.87. The lowest BCUT2D eigenvalue weighted by Crippen LogP contribution is -2.27. The van der Waals surface area contributed by atoms with Crippen molar-refractivity contribution in [3.05, 3.63) is 65.0 Å². The highest BCUT2D eigenvalue weighted by atomic mass is 32.2. The average molecular weight is 493 g/mol. The molecule has 1 aliphatic rings. The van der Waals surface area contributed by atoms with Crippen LogP contribution in [0.25, 0.3) is 0 Å². The van der Waals surface area contributed by atoms with Crippen molar-refractivity contribution < 1.29 is 36.0 Å². The number of nitrogens with zero attached hydrogens (tertiary/aromatic N) is 3. The fourth-order valence-electron chi connectivity index (χ4n) is 3.14. The van der Waals surface area contributed by atoms with Crippen LogP contribution < -0.4 is 9.47 Å². The summed E-state index contributed by atoms with van der Waals surface area (Å²) in [6, 6.07) is 7.45. The normalized spacial score (nSPS) is 17.0. The number of halogens is 4. The van der Waals surface area contributed by atoms with Crippen LogP contribution in [0.3, 0.4) is 0 Å². The molecular formula is C22H15F4N3O4S. The molecular weight excluding hydrogens is 478 g/mol. The quantitative estimate of drug-likeness (QED) is 0.271. The molecule has 0 aliphatic carbocycles. The molecule has 176 valence electrons. The molecule has 0 amide bonds. The summed E-state index contributed by atoms with van der Waals surface area (Å²) in [5, 5.41) is 18.2. The summed E-state index contributed by atoms with van der Waals surface area (Å²) in [4.78, 5) is 11.3. The first-order valence-electron chi connectivity index (χ1n) is 9.49. The van der Waals surface area contributed by atoms with Crippen LogP contribution in [0.5, 0.6) is 11.5 Å². The highest BCUT2D eigenvalue weighted by molar-refractivity contribution is 7.82. The predicted octanol–water partition coefficient (Wildman–Crippen LogP) is 3.86. The van der Waals surface area contributed by atoms with Crippen molar-refractivity contribution >= 4 is 17.0 Å². The van der Waals surface area contributed by atoms with Gasteiger partial charge in [-0.2, -0.15) is 23.7 Å². The van der Waals surface area contributed by atoms with Gasteiger partial charge in [0.15, 0.2) is 11.5 Å². The number of esters is 1. The van der Waals surface area contributed by atoms with Gasteiger partial charge in [0, 0.05) is 25.6 Å². The molecule has 7 nitrogen and oxygen atoms in total. The third kappa shape index (κ3) is 5.25. The summed E-state index contributed by atoms with van der Waals surface area (Å²) < 4.78 is 78.0. The van der Waals surface area contributed by atoms with E-state index in [1.54, 1.807) is 12.1 Å². The van der Waals surface area contributed by atoms with Gasteiger partial charge in [0.2, 0.25) is 0 Å². The number of carbonyl (C=O) groups excluding carboxylic acids is 1. The van der Waals surface area contributed by atoms with E-state index in [0.717, 1.165) is 31.2 Å². The second-order valence-corrected chi connectivity index (χ2v) is 8.60. The molecule has 1 unspecified atom stereocenters. The van der Waals surface area contributed by atoms with Gasteiger partial charge >= 0.3 is 12.1 Å². The van der Waals surface area contributed by atoms with Crippen LogP contribution in [0, 0.1) is 28.5 Å². The number of alkyl halides is 3. The van der Waals surface area contributed by atoms with Gasteiger partial charge in [0.25, 0.3) is 0 Å². The van der Waals surface area contributed by atoms with Crippen LogP contribution in [-0.2, 0) is 22.0 Å². The summed E-state index contributed by atoms with van der Waals surface area (Å²) in [5.74, 6) is -2.05. The summed E-state index contributed by atoms with van der Waals surface area (Å²) in [7, 11) is -2.03. The molecule has 2 atom stereocenters. The van der Waals surface area contributed by atoms with Crippen molar-refractivity contribution in [3.63, 3.8) is 0 Å². The molecule has 1 aliphatic heterocycles. The first-order chi connectivity index (χ1) is 15.9. The molecule has 1 heterocycles. The van der Waals surface area contributed by atoms with Crippen molar-refractivity contribution in [3.8, 4) is 23.6 Å². The minimum atomic E-state index is -4.66. The lowest BCUT2D eigenvalue weighted by molar-refractivity contribution is -0.137. The van der Waals surface area contributed by atoms with E-state index in [4.69, 9.17) is 14.7 Å². The number of nitriles is 2. The molecule has 3 rings (SSSR count). The smallest absolute Gasteiger partial charge is 0.416 e. The molecule has 0 bridgehead atoms. The molecule has 2 aromatic rings. The fraction of sp³-hybridized carbons (Fsp3) is 0.227. The van der Waals surface area contributed by atoms with E-state index in [1.165, 1.54) is 4.31 Å². The van der Waals surface area contributed by atoms with Crippen molar-refractivity contribution in [1.82, 2.24) is 4.31 Å². The molecule has 12 heteroatoms. The highest BCUT2D eigenvalue weighted by Crippen LogP contribution is 2.35. The minimum Gasteiger partial charge on any atom is -0.481 e. The van der Waals surface area contributed by atoms with Crippen LogP contribution in [-0.4, -0.2) is 33.7 Å². The van der Waals surface area contributed by atoms with Gasteiger partial charge in [-0.15, -0.1) is 0 Å². The van der Waals surface area contributed by atoms with Gasteiger partial charge in [-0.05, 0) is 23.8 Å². The number of rotatable bonds is 5. The molecule has 1 fully saturated rings. The van der Waals surface area contributed by atoms with E-state index in [0.29, 0.717) is 11.6 Å². The third-order valence-corrected chi connectivity index (χ3v) is 6.21. The van der Waals surface area contributed by atoms with Crippen molar-refractivity contribution in [2.75, 3.05) is 13.1 Å². The lowest BCUT2D eigenvalue weighted by atomic mass is 10.1. The van der Waals surface area contributed by atoms with Gasteiger partial charge in [-0.3, -0.25) is 4.79 Å². The van der Waals surface area contributed by atoms with E-state index in [9.17, 15) is 31.8 Å². The zero-order chi connectivity index (χ0) is 25.2. The van der Waals surface area contributed by atoms with Crippen molar-refractivity contribution in [2.45, 2.75) is 24.1 Å². The Hall–Kier alpha value is -3.74. The summed E-state index contributed by atoms with van der Waals surface area (Å²) in [5.41, 5.74) is -1.41. The maximum atomic E-state index is 14.1. The summed E-state index contributed by atoms with van der Waals surface area (Å²) >= 11 is 0. The van der Waals surface area contributed by atoms with Crippen molar-refractivity contribution in [2.24, 2.45) is 0 Å². The molecule has 2 aromatic carbocycles. The van der Waals surface area contributed by atoms with Crippen molar-refractivity contribution in [1.29, 1.82) is 10.5 Å². The Morgan fingerprint density at radius 2 is 1.85 bits per heavy atom. The Morgan fingerprint density at radius 3 is 2.44 bits per heavy atom. The first kappa shape index (κ1) is 24.9. The zero-order valence-corrected chi connectivity index (χ0v) is 18.3. The van der Waals surface area contributed by atoms with E-state index >= 15 is 0 Å². The van der Waals surface area contributed by atoms with Gasteiger partial charge in [-0.1, -0.05) is 6.58 Å². The van der Waals surface area contributed by atoms with Crippen LogP contribution in [0.4, 0.5) is 17.6 Å². The monoisotopic (exact) mass is 493 g/mol. The van der Waals surface area contributed by atoms with E-state index in [-0.39, 0.29) is 35.0 Å². The number of hydrogen-bond donors (Lipinski definition) is 0. The Morgan fingerprint density at radius 1 is 1.18 bits per heavy atom. The summed E-state index contributed by atoms with van der Waals surface area (Å²) in [6.07, 6.45) is -5.52. The standard InChI is InChI=1S/C22H15F4N3O4S/c1-12-10-29(34(31)21-4-3-16(22(24,25)26)5-15(21)9-28)11-20(12)33-19-7-17(23)14(8-27)6-18(19)32-13(2)30/h3-7,20H,1,10-11H2,2H3/t20-,34?/m0/s1. The molecule has 0 aromatic heterocycles. The van der Waals surface area contributed by atoms with E-state index < -0.39 is 46.2 Å². The average Bonchev–Trinajstić information content (AvgIpc) is 3.13. The first-order valence-corrected chi connectivity index (χ1v) is 10.6.